The van der Waals surface area contributed by atoms with Crippen molar-refractivity contribution in [2.45, 2.75) is 4.90 Å². The summed E-state index contributed by atoms with van der Waals surface area (Å²) >= 11 is 5.23. The van der Waals surface area contributed by atoms with Crippen LogP contribution >= 0.6 is 12.2 Å². The molecule has 0 saturated carbocycles. The summed E-state index contributed by atoms with van der Waals surface area (Å²) in [5.41, 5.74) is 2.24. The molecular formula is C24H20N4O3S2. The molecule has 0 bridgehead atoms. The van der Waals surface area contributed by atoms with Gasteiger partial charge in [-0.25, -0.2) is 8.42 Å². The summed E-state index contributed by atoms with van der Waals surface area (Å²) in [6.07, 6.45) is 1.66. The van der Waals surface area contributed by atoms with Crippen molar-refractivity contribution < 1.29 is 13.2 Å². The number of pyridine rings is 1. The maximum Gasteiger partial charge on any atom is 0.264 e. The number of sulfonamides is 1. The quantitative estimate of drug-likeness (QED) is 0.420. The molecule has 2 N–H and O–H groups in total. The Morgan fingerprint density at radius 3 is 2.39 bits per heavy atom. The lowest BCUT2D eigenvalue weighted by Crippen LogP contribution is -2.34. The van der Waals surface area contributed by atoms with Crippen LogP contribution in [0.5, 0.6) is 0 Å². The topological polar surface area (TPSA) is 91.4 Å². The van der Waals surface area contributed by atoms with Crippen LogP contribution in [-0.4, -0.2) is 31.5 Å². The zero-order valence-electron chi connectivity index (χ0n) is 17.6. The summed E-state index contributed by atoms with van der Waals surface area (Å²) in [6.45, 7) is 0. The van der Waals surface area contributed by atoms with E-state index in [0.29, 0.717) is 22.5 Å². The van der Waals surface area contributed by atoms with E-state index in [9.17, 15) is 13.2 Å². The molecule has 1 aromatic heterocycles. The minimum Gasteiger partial charge on any atom is -0.332 e. The average Bonchev–Trinajstić information content (AvgIpc) is 2.84. The van der Waals surface area contributed by atoms with Crippen molar-refractivity contribution in [1.29, 1.82) is 0 Å². The minimum absolute atomic E-state index is 0.0955. The van der Waals surface area contributed by atoms with Gasteiger partial charge in [0.15, 0.2) is 5.11 Å². The number of nitrogens with zero attached hydrogens (tertiary/aromatic N) is 2. The molecule has 0 aliphatic carbocycles. The highest BCUT2D eigenvalue weighted by atomic mass is 32.2. The Bertz CT molecular complexity index is 1420. The van der Waals surface area contributed by atoms with E-state index in [1.807, 2.05) is 24.3 Å². The molecule has 4 rings (SSSR count). The highest BCUT2D eigenvalue weighted by molar-refractivity contribution is 7.92. The highest BCUT2D eigenvalue weighted by Gasteiger charge is 2.21. The molecule has 1 amide bonds. The predicted molar refractivity (Wildman–Crippen MR) is 134 cm³/mol. The van der Waals surface area contributed by atoms with Crippen molar-refractivity contribution in [3.05, 3.63) is 96.7 Å². The molecule has 0 aliphatic rings. The minimum atomic E-state index is -3.71. The summed E-state index contributed by atoms with van der Waals surface area (Å²) < 4.78 is 27.0. The highest BCUT2D eigenvalue weighted by Crippen LogP contribution is 2.23. The second kappa shape index (κ2) is 9.35. The molecule has 0 unspecified atom stereocenters. The van der Waals surface area contributed by atoms with E-state index in [-0.39, 0.29) is 15.9 Å². The second-order valence-corrected chi connectivity index (χ2v) is 9.53. The molecule has 0 saturated heterocycles. The van der Waals surface area contributed by atoms with Crippen LogP contribution in [0.15, 0.2) is 96.0 Å². The van der Waals surface area contributed by atoms with E-state index in [0.717, 1.165) is 5.39 Å². The zero-order chi connectivity index (χ0) is 23.4. The van der Waals surface area contributed by atoms with Crippen molar-refractivity contribution in [1.82, 2.24) is 10.3 Å². The summed E-state index contributed by atoms with van der Waals surface area (Å²) in [5.74, 6) is -0.372. The number of para-hydroxylation sites is 1. The fourth-order valence-corrected chi connectivity index (χ4v) is 4.60. The standard InChI is InChI=1S/C24H20N4O3S2/c1-28(20-7-3-2-4-8-20)33(30,31)21-13-11-19(12-14-21)26-24(32)27-23(29)18-10-9-17-6-5-15-25-22(17)16-18/h2-16H,1H3,(H2,26,27,29,32). The van der Waals surface area contributed by atoms with Crippen LogP contribution in [0.3, 0.4) is 0 Å². The van der Waals surface area contributed by atoms with Crippen molar-refractivity contribution in [2.24, 2.45) is 0 Å². The maximum atomic E-state index is 12.9. The van der Waals surface area contributed by atoms with Crippen molar-refractivity contribution in [2.75, 3.05) is 16.7 Å². The zero-order valence-corrected chi connectivity index (χ0v) is 19.2. The number of aromatic nitrogens is 1. The summed E-state index contributed by atoms with van der Waals surface area (Å²) in [4.78, 5) is 16.9. The predicted octanol–water partition coefficient (Wildman–Crippen LogP) is 4.19. The van der Waals surface area contributed by atoms with Crippen molar-refractivity contribution in [3.63, 3.8) is 0 Å². The SMILES string of the molecule is CN(c1ccccc1)S(=O)(=O)c1ccc(NC(=S)NC(=O)c2ccc3cccnc3c2)cc1. The van der Waals surface area contributed by atoms with E-state index in [2.05, 4.69) is 15.6 Å². The number of nitrogens with one attached hydrogen (secondary N) is 2. The summed E-state index contributed by atoms with van der Waals surface area (Å²) in [7, 11) is -2.21. The van der Waals surface area contributed by atoms with Gasteiger partial charge in [-0.1, -0.05) is 30.3 Å². The van der Waals surface area contributed by atoms with E-state index in [1.54, 1.807) is 54.7 Å². The van der Waals surface area contributed by atoms with Gasteiger partial charge in [-0.3, -0.25) is 19.4 Å². The maximum absolute atomic E-state index is 12.9. The van der Waals surface area contributed by atoms with E-state index in [1.165, 1.54) is 23.5 Å². The monoisotopic (exact) mass is 476 g/mol. The van der Waals surface area contributed by atoms with Gasteiger partial charge in [0.05, 0.1) is 16.1 Å². The van der Waals surface area contributed by atoms with Crippen LogP contribution in [0.1, 0.15) is 10.4 Å². The lowest BCUT2D eigenvalue weighted by Gasteiger charge is -2.19. The van der Waals surface area contributed by atoms with Crippen LogP contribution in [0.25, 0.3) is 10.9 Å². The third-order valence-corrected chi connectivity index (χ3v) is 6.99. The molecule has 3 aromatic carbocycles. The Labute approximate surface area is 197 Å². The van der Waals surface area contributed by atoms with Gasteiger partial charge >= 0.3 is 0 Å². The molecule has 0 atom stereocenters. The molecule has 0 aliphatic heterocycles. The fraction of sp³-hybridized carbons (Fsp3) is 0.0417. The Morgan fingerprint density at radius 2 is 1.67 bits per heavy atom. The largest absolute Gasteiger partial charge is 0.332 e. The van der Waals surface area contributed by atoms with E-state index < -0.39 is 10.0 Å². The average molecular weight is 477 g/mol. The van der Waals surface area contributed by atoms with Gasteiger partial charge in [0, 0.05) is 29.9 Å². The van der Waals surface area contributed by atoms with Gasteiger partial charge in [0.2, 0.25) is 0 Å². The fourth-order valence-electron chi connectivity index (χ4n) is 3.19. The van der Waals surface area contributed by atoms with E-state index in [4.69, 9.17) is 12.2 Å². The van der Waals surface area contributed by atoms with Crippen molar-refractivity contribution >= 4 is 55.5 Å². The smallest absolute Gasteiger partial charge is 0.264 e. The van der Waals surface area contributed by atoms with Gasteiger partial charge < -0.3 is 5.32 Å². The van der Waals surface area contributed by atoms with Crippen LogP contribution in [0.4, 0.5) is 11.4 Å². The molecule has 0 spiro atoms. The summed E-state index contributed by atoms with van der Waals surface area (Å²) in [6, 6.07) is 23.9. The van der Waals surface area contributed by atoms with Gasteiger partial charge in [-0.2, -0.15) is 0 Å². The Kier molecular flexibility index (Phi) is 6.34. The van der Waals surface area contributed by atoms with Crippen LogP contribution in [0.2, 0.25) is 0 Å². The van der Waals surface area contributed by atoms with Crippen molar-refractivity contribution in [3.8, 4) is 0 Å². The van der Waals surface area contributed by atoms with Crippen LogP contribution < -0.4 is 14.9 Å². The Balaban J connectivity index is 1.42. The number of fused-ring (bicyclic) bond motifs is 1. The first-order chi connectivity index (χ1) is 15.8. The summed E-state index contributed by atoms with van der Waals surface area (Å²) in [5, 5.41) is 6.54. The first kappa shape index (κ1) is 22.4. The number of amides is 1. The Hall–Kier alpha value is -3.82. The molecule has 0 fully saturated rings. The molecule has 4 aromatic rings. The third-order valence-electron chi connectivity index (χ3n) is 4.99. The number of anilines is 2. The van der Waals surface area contributed by atoms with Crippen LogP contribution in [0, 0.1) is 0 Å². The third kappa shape index (κ3) is 5.00. The van der Waals surface area contributed by atoms with Gasteiger partial charge in [0.1, 0.15) is 0 Å². The first-order valence-electron chi connectivity index (χ1n) is 9.96. The van der Waals surface area contributed by atoms with Crippen LogP contribution in [-0.2, 0) is 10.0 Å². The van der Waals surface area contributed by atoms with Gasteiger partial charge in [0.25, 0.3) is 15.9 Å². The number of benzene rings is 3. The molecule has 33 heavy (non-hydrogen) atoms. The van der Waals surface area contributed by atoms with Gasteiger partial charge in [-0.15, -0.1) is 0 Å². The lowest BCUT2D eigenvalue weighted by atomic mass is 10.1. The molecular weight excluding hydrogens is 456 g/mol. The lowest BCUT2D eigenvalue weighted by molar-refractivity contribution is 0.0978. The molecule has 166 valence electrons. The number of thiocarbonyl (C=S) groups is 1. The number of hydrogen-bond donors (Lipinski definition) is 2. The van der Waals surface area contributed by atoms with E-state index >= 15 is 0 Å². The van der Waals surface area contributed by atoms with Gasteiger partial charge in [-0.05, 0) is 66.8 Å². The number of hydrogen-bond acceptors (Lipinski definition) is 5. The molecule has 1 heterocycles. The molecule has 7 nitrogen and oxygen atoms in total. The molecule has 9 heteroatoms. The number of carbonyl (C=O) groups excluding carboxylic acids is 1. The first-order valence-corrected chi connectivity index (χ1v) is 11.8. The number of rotatable bonds is 5. The second-order valence-electron chi connectivity index (χ2n) is 7.15. The molecule has 0 radical (unpaired) electrons. The Morgan fingerprint density at radius 1 is 0.939 bits per heavy atom. The number of carbonyl (C=O) groups is 1. The normalized spacial score (nSPS) is 11.1.